The van der Waals surface area contributed by atoms with Gasteiger partial charge >= 0.3 is 0 Å². The Bertz CT molecular complexity index is 646. The highest BCUT2D eigenvalue weighted by Gasteiger charge is 2.07. The van der Waals surface area contributed by atoms with Crippen molar-refractivity contribution in [2.24, 2.45) is 0 Å². The third-order valence-electron chi connectivity index (χ3n) is 3.12. The summed E-state index contributed by atoms with van der Waals surface area (Å²) in [7, 11) is 1.61. The van der Waals surface area contributed by atoms with E-state index in [1.54, 1.807) is 13.1 Å². The standard InChI is InChI=1S/C16H16BrFN2O/c1-19-16(21)9-11-4-2-3-5-15(11)20-10-12-8-13(18)6-7-14(12)17/h2-8,20H,9-10H2,1H3,(H,19,21). The predicted molar refractivity (Wildman–Crippen MR) is 85.6 cm³/mol. The van der Waals surface area contributed by atoms with Crippen molar-refractivity contribution in [2.75, 3.05) is 12.4 Å². The fourth-order valence-corrected chi connectivity index (χ4v) is 2.36. The van der Waals surface area contributed by atoms with Gasteiger partial charge in [-0.1, -0.05) is 34.1 Å². The van der Waals surface area contributed by atoms with Crippen LogP contribution in [-0.4, -0.2) is 13.0 Å². The second kappa shape index (κ2) is 7.22. The number of likely N-dealkylation sites (N-methyl/N-ethyl adjacent to an activating group) is 1. The average Bonchev–Trinajstić information content (AvgIpc) is 2.49. The van der Waals surface area contributed by atoms with Gasteiger partial charge < -0.3 is 10.6 Å². The number of halogens is 2. The van der Waals surface area contributed by atoms with Crippen LogP contribution < -0.4 is 10.6 Å². The summed E-state index contributed by atoms with van der Waals surface area (Å²) in [5, 5.41) is 5.86. The largest absolute Gasteiger partial charge is 0.381 e. The SMILES string of the molecule is CNC(=O)Cc1ccccc1NCc1cc(F)ccc1Br. The van der Waals surface area contributed by atoms with Crippen LogP contribution in [-0.2, 0) is 17.8 Å². The molecule has 21 heavy (non-hydrogen) atoms. The third kappa shape index (κ3) is 4.29. The first kappa shape index (κ1) is 15.5. The molecule has 2 aromatic rings. The molecule has 2 rings (SSSR count). The van der Waals surface area contributed by atoms with E-state index in [0.29, 0.717) is 13.0 Å². The topological polar surface area (TPSA) is 41.1 Å². The summed E-state index contributed by atoms with van der Waals surface area (Å²) in [5.74, 6) is -0.315. The predicted octanol–water partition coefficient (Wildman–Crippen LogP) is 3.49. The Morgan fingerprint density at radius 1 is 1.19 bits per heavy atom. The van der Waals surface area contributed by atoms with Gasteiger partial charge in [-0.3, -0.25) is 4.79 Å². The summed E-state index contributed by atoms with van der Waals surface area (Å²) < 4.78 is 14.1. The van der Waals surface area contributed by atoms with Crippen molar-refractivity contribution in [3.8, 4) is 0 Å². The first-order valence-electron chi connectivity index (χ1n) is 6.56. The summed E-state index contributed by atoms with van der Waals surface area (Å²) >= 11 is 3.40. The lowest BCUT2D eigenvalue weighted by Crippen LogP contribution is -2.20. The number of amides is 1. The maximum atomic E-state index is 13.3. The molecule has 2 N–H and O–H groups in total. The van der Waals surface area contributed by atoms with Crippen LogP contribution in [0, 0.1) is 5.82 Å². The molecule has 0 fully saturated rings. The maximum absolute atomic E-state index is 13.3. The van der Waals surface area contributed by atoms with Crippen molar-refractivity contribution in [3.63, 3.8) is 0 Å². The highest BCUT2D eigenvalue weighted by atomic mass is 79.9. The van der Waals surface area contributed by atoms with Crippen LogP contribution in [0.15, 0.2) is 46.9 Å². The smallest absolute Gasteiger partial charge is 0.224 e. The minimum absolute atomic E-state index is 0.0452. The molecule has 1 amide bonds. The lowest BCUT2D eigenvalue weighted by Gasteiger charge is -2.12. The highest BCUT2D eigenvalue weighted by Crippen LogP contribution is 2.21. The van der Waals surface area contributed by atoms with Gasteiger partial charge in [0.2, 0.25) is 5.91 Å². The van der Waals surface area contributed by atoms with E-state index in [1.165, 1.54) is 12.1 Å². The number of hydrogen-bond donors (Lipinski definition) is 2. The van der Waals surface area contributed by atoms with Crippen LogP contribution in [0.5, 0.6) is 0 Å². The zero-order chi connectivity index (χ0) is 15.2. The van der Waals surface area contributed by atoms with E-state index in [4.69, 9.17) is 0 Å². The molecule has 0 atom stereocenters. The van der Waals surface area contributed by atoms with Gasteiger partial charge in [-0.15, -0.1) is 0 Å². The Morgan fingerprint density at radius 3 is 2.71 bits per heavy atom. The van der Waals surface area contributed by atoms with Crippen LogP contribution >= 0.6 is 15.9 Å². The van der Waals surface area contributed by atoms with Crippen molar-refractivity contribution >= 4 is 27.5 Å². The summed E-state index contributed by atoms with van der Waals surface area (Å²) in [6, 6.07) is 12.2. The van der Waals surface area contributed by atoms with E-state index in [9.17, 15) is 9.18 Å². The zero-order valence-corrected chi connectivity index (χ0v) is 13.2. The molecule has 110 valence electrons. The summed E-state index contributed by atoms with van der Waals surface area (Å²) in [6.45, 7) is 0.475. The van der Waals surface area contributed by atoms with Crippen LogP contribution in [0.25, 0.3) is 0 Å². The Hall–Kier alpha value is -1.88. The van der Waals surface area contributed by atoms with Gasteiger partial charge in [-0.2, -0.15) is 0 Å². The van der Waals surface area contributed by atoms with Crippen molar-refractivity contribution in [1.82, 2.24) is 5.32 Å². The second-order valence-corrected chi connectivity index (χ2v) is 5.45. The summed E-state index contributed by atoms with van der Waals surface area (Å²) in [6.07, 6.45) is 0.310. The lowest BCUT2D eigenvalue weighted by atomic mass is 10.1. The Labute approximate surface area is 131 Å². The Morgan fingerprint density at radius 2 is 1.95 bits per heavy atom. The maximum Gasteiger partial charge on any atom is 0.224 e. The van der Waals surface area contributed by atoms with Crippen LogP contribution in [0.2, 0.25) is 0 Å². The summed E-state index contributed by atoms with van der Waals surface area (Å²) in [4.78, 5) is 11.5. The molecule has 0 unspecified atom stereocenters. The summed E-state index contributed by atoms with van der Waals surface area (Å²) in [5.41, 5.74) is 2.60. The van der Waals surface area contributed by atoms with Gasteiger partial charge in [-0.05, 0) is 35.4 Å². The minimum atomic E-state index is -0.270. The van der Waals surface area contributed by atoms with E-state index in [0.717, 1.165) is 21.3 Å². The van der Waals surface area contributed by atoms with Gasteiger partial charge in [-0.25, -0.2) is 4.39 Å². The van der Waals surface area contributed by atoms with Gasteiger partial charge in [0, 0.05) is 23.8 Å². The highest BCUT2D eigenvalue weighted by molar-refractivity contribution is 9.10. The van der Waals surface area contributed by atoms with Crippen molar-refractivity contribution in [2.45, 2.75) is 13.0 Å². The van der Waals surface area contributed by atoms with E-state index in [-0.39, 0.29) is 11.7 Å². The van der Waals surface area contributed by atoms with Crippen LogP contribution in [0.4, 0.5) is 10.1 Å². The molecular formula is C16H16BrFN2O. The van der Waals surface area contributed by atoms with Crippen molar-refractivity contribution in [1.29, 1.82) is 0 Å². The molecule has 0 radical (unpaired) electrons. The van der Waals surface area contributed by atoms with Crippen molar-refractivity contribution in [3.05, 3.63) is 63.9 Å². The van der Waals surface area contributed by atoms with Gasteiger partial charge in [0.05, 0.1) is 6.42 Å². The molecule has 0 aliphatic heterocycles. The molecule has 0 saturated heterocycles. The number of carbonyl (C=O) groups is 1. The average molecular weight is 351 g/mol. The number of anilines is 1. The first-order chi connectivity index (χ1) is 10.1. The number of carbonyl (C=O) groups excluding carboxylic acids is 1. The molecule has 0 aromatic heterocycles. The number of nitrogens with one attached hydrogen (secondary N) is 2. The molecular weight excluding hydrogens is 335 g/mol. The monoisotopic (exact) mass is 350 g/mol. The minimum Gasteiger partial charge on any atom is -0.381 e. The lowest BCUT2D eigenvalue weighted by molar-refractivity contribution is -0.119. The number of rotatable bonds is 5. The molecule has 0 heterocycles. The molecule has 2 aromatic carbocycles. The fourth-order valence-electron chi connectivity index (χ4n) is 1.98. The molecule has 0 aliphatic rings. The van der Waals surface area contributed by atoms with Crippen molar-refractivity contribution < 1.29 is 9.18 Å². The Kier molecular flexibility index (Phi) is 5.33. The first-order valence-corrected chi connectivity index (χ1v) is 7.35. The van der Waals surface area contributed by atoms with E-state index in [1.807, 2.05) is 24.3 Å². The van der Waals surface area contributed by atoms with E-state index >= 15 is 0 Å². The molecule has 0 saturated carbocycles. The molecule has 0 spiro atoms. The molecule has 5 heteroatoms. The number of para-hydroxylation sites is 1. The van der Waals surface area contributed by atoms with Gasteiger partial charge in [0.15, 0.2) is 0 Å². The number of benzene rings is 2. The van der Waals surface area contributed by atoms with E-state index < -0.39 is 0 Å². The van der Waals surface area contributed by atoms with Crippen LogP contribution in [0.1, 0.15) is 11.1 Å². The molecule has 0 aliphatic carbocycles. The molecule has 3 nitrogen and oxygen atoms in total. The Balaban J connectivity index is 2.13. The van der Waals surface area contributed by atoms with Crippen LogP contribution in [0.3, 0.4) is 0 Å². The number of hydrogen-bond acceptors (Lipinski definition) is 2. The third-order valence-corrected chi connectivity index (χ3v) is 3.90. The van der Waals surface area contributed by atoms with Gasteiger partial charge in [0.25, 0.3) is 0 Å². The second-order valence-electron chi connectivity index (χ2n) is 4.60. The quantitative estimate of drug-likeness (QED) is 0.866. The molecule has 0 bridgehead atoms. The van der Waals surface area contributed by atoms with Gasteiger partial charge in [0.1, 0.15) is 5.82 Å². The zero-order valence-electron chi connectivity index (χ0n) is 11.6. The normalized spacial score (nSPS) is 10.2. The van der Waals surface area contributed by atoms with E-state index in [2.05, 4.69) is 26.6 Å². The fraction of sp³-hybridized carbons (Fsp3) is 0.188.